The van der Waals surface area contributed by atoms with Crippen LogP contribution >= 0.6 is 0 Å². The Morgan fingerprint density at radius 2 is 1.58 bits per heavy atom. The van der Waals surface area contributed by atoms with E-state index in [-0.39, 0.29) is 28.8 Å². The molecule has 0 radical (unpaired) electrons. The smallest absolute Gasteiger partial charge is 0.264 e. The molecule has 0 aliphatic carbocycles. The number of amides is 2. The summed E-state index contributed by atoms with van der Waals surface area (Å²) in [4.78, 5) is 28.9. The van der Waals surface area contributed by atoms with E-state index in [0.717, 1.165) is 27.6 Å². The zero-order valence-corrected chi connectivity index (χ0v) is 26.5. The van der Waals surface area contributed by atoms with E-state index in [9.17, 15) is 22.4 Å². The summed E-state index contributed by atoms with van der Waals surface area (Å²) < 4.78 is 53.5. The van der Waals surface area contributed by atoms with E-state index in [0.29, 0.717) is 12.2 Å². The minimum atomic E-state index is -4.39. The van der Waals surface area contributed by atoms with Crippen LogP contribution in [0.5, 0.6) is 11.5 Å². The number of sulfonamides is 1. The summed E-state index contributed by atoms with van der Waals surface area (Å²) in [6, 6.07) is 15.5. The van der Waals surface area contributed by atoms with Gasteiger partial charge in [0.15, 0.2) is 11.5 Å². The van der Waals surface area contributed by atoms with Gasteiger partial charge in [-0.05, 0) is 81.6 Å². The molecule has 9 nitrogen and oxygen atoms in total. The Hall–Kier alpha value is -4.12. The third-order valence-corrected chi connectivity index (χ3v) is 8.59. The van der Waals surface area contributed by atoms with Crippen molar-refractivity contribution in [3.63, 3.8) is 0 Å². The molecule has 0 aliphatic rings. The van der Waals surface area contributed by atoms with Gasteiger partial charge in [0.1, 0.15) is 18.4 Å². The summed E-state index contributed by atoms with van der Waals surface area (Å²) >= 11 is 0. The summed E-state index contributed by atoms with van der Waals surface area (Å²) in [7, 11) is -1.58. The van der Waals surface area contributed by atoms with Gasteiger partial charge in [-0.1, -0.05) is 31.2 Å². The van der Waals surface area contributed by atoms with Crippen LogP contribution in [0.15, 0.2) is 71.6 Å². The lowest BCUT2D eigenvalue weighted by atomic mass is 10.0. The first kappa shape index (κ1) is 33.4. The summed E-state index contributed by atoms with van der Waals surface area (Å²) in [5.74, 6) is -1.02. The highest BCUT2D eigenvalue weighted by Gasteiger charge is 2.35. The number of carbonyl (C=O) groups is 2. The van der Waals surface area contributed by atoms with Gasteiger partial charge < -0.3 is 19.7 Å². The maximum absolute atomic E-state index is 14.2. The predicted molar refractivity (Wildman–Crippen MR) is 164 cm³/mol. The largest absolute Gasteiger partial charge is 0.493 e. The summed E-state index contributed by atoms with van der Waals surface area (Å²) in [5.41, 5.74) is 1.25. The van der Waals surface area contributed by atoms with Gasteiger partial charge in [-0.15, -0.1) is 0 Å². The van der Waals surface area contributed by atoms with E-state index in [2.05, 4.69) is 5.32 Å². The second-order valence-corrected chi connectivity index (χ2v) is 13.0. The monoisotopic (exact) mass is 613 g/mol. The number of anilines is 1. The number of nitrogens with zero attached hydrogens (tertiary/aromatic N) is 2. The highest BCUT2D eigenvalue weighted by molar-refractivity contribution is 7.92. The average molecular weight is 614 g/mol. The third kappa shape index (κ3) is 8.25. The quantitative estimate of drug-likeness (QED) is 0.306. The lowest BCUT2D eigenvalue weighted by Crippen LogP contribution is -2.55. The molecule has 3 aromatic carbocycles. The molecular weight excluding hydrogens is 573 g/mol. The van der Waals surface area contributed by atoms with Crippen LogP contribution in [0.2, 0.25) is 0 Å². The third-order valence-electron chi connectivity index (χ3n) is 6.82. The molecule has 0 heterocycles. The SMILES string of the molecule is CC[C@@H](C(=O)NC(C)(C)C)N(Cc1ccccc1C)C(=O)CN(c1ccc(F)cc1)S(=O)(=O)c1ccc(OC)c(OC)c1. The molecule has 0 saturated heterocycles. The first-order valence-electron chi connectivity index (χ1n) is 13.9. The van der Waals surface area contributed by atoms with Crippen LogP contribution in [0.3, 0.4) is 0 Å². The van der Waals surface area contributed by atoms with Gasteiger partial charge in [-0.3, -0.25) is 13.9 Å². The highest BCUT2D eigenvalue weighted by Crippen LogP contribution is 2.32. The van der Waals surface area contributed by atoms with Crippen molar-refractivity contribution in [1.29, 1.82) is 0 Å². The lowest BCUT2D eigenvalue weighted by Gasteiger charge is -2.35. The van der Waals surface area contributed by atoms with Gasteiger partial charge in [0, 0.05) is 18.2 Å². The molecule has 0 aliphatic heterocycles. The Morgan fingerprint density at radius 1 is 0.953 bits per heavy atom. The van der Waals surface area contributed by atoms with Gasteiger partial charge in [-0.25, -0.2) is 12.8 Å². The van der Waals surface area contributed by atoms with E-state index >= 15 is 0 Å². The Bertz CT molecular complexity index is 1540. The summed E-state index contributed by atoms with van der Waals surface area (Å²) in [6.45, 7) is 8.66. The molecule has 0 fully saturated rings. The minimum absolute atomic E-state index is 0.0765. The minimum Gasteiger partial charge on any atom is -0.493 e. The van der Waals surface area contributed by atoms with Gasteiger partial charge in [0.2, 0.25) is 11.8 Å². The van der Waals surface area contributed by atoms with Gasteiger partial charge in [0.25, 0.3) is 10.0 Å². The molecule has 1 atom stereocenters. The van der Waals surface area contributed by atoms with Crippen molar-refractivity contribution in [2.45, 2.75) is 64.1 Å². The van der Waals surface area contributed by atoms with E-state index in [1.807, 2.05) is 52.0 Å². The number of halogens is 1. The number of ether oxygens (including phenoxy) is 2. The maximum atomic E-state index is 14.2. The fourth-order valence-electron chi connectivity index (χ4n) is 4.58. The lowest BCUT2D eigenvalue weighted by molar-refractivity contribution is -0.141. The Labute approximate surface area is 253 Å². The van der Waals surface area contributed by atoms with Crippen molar-refractivity contribution in [3.8, 4) is 11.5 Å². The second-order valence-electron chi connectivity index (χ2n) is 11.1. The van der Waals surface area contributed by atoms with Crippen LogP contribution in [0.25, 0.3) is 0 Å². The van der Waals surface area contributed by atoms with Crippen molar-refractivity contribution in [2.75, 3.05) is 25.1 Å². The molecule has 0 saturated carbocycles. The number of aryl methyl sites for hydroxylation is 1. The molecule has 232 valence electrons. The number of benzene rings is 3. The van der Waals surface area contributed by atoms with Crippen molar-refractivity contribution in [3.05, 3.63) is 83.7 Å². The molecule has 0 spiro atoms. The number of carbonyl (C=O) groups excluding carboxylic acids is 2. The molecule has 0 unspecified atom stereocenters. The normalized spacial score (nSPS) is 12.3. The Balaban J connectivity index is 2.12. The van der Waals surface area contributed by atoms with Gasteiger partial charge in [-0.2, -0.15) is 0 Å². The number of rotatable bonds is 12. The van der Waals surface area contributed by atoms with Crippen LogP contribution < -0.4 is 19.1 Å². The van der Waals surface area contributed by atoms with E-state index < -0.39 is 39.9 Å². The van der Waals surface area contributed by atoms with E-state index in [1.165, 1.54) is 49.5 Å². The molecule has 0 bridgehead atoms. The van der Waals surface area contributed by atoms with Crippen LogP contribution in [0.1, 0.15) is 45.2 Å². The molecule has 11 heteroatoms. The predicted octanol–water partition coefficient (Wildman–Crippen LogP) is 5.07. The molecule has 1 N–H and O–H groups in total. The summed E-state index contributed by atoms with van der Waals surface area (Å²) in [5, 5.41) is 2.94. The number of hydrogen-bond donors (Lipinski definition) is 1. The molecule has 3 rings (SSSR count). The zero-order chi connectivity index (χ0) is 31.9. The Kier molecular flexibility index (Phi) is 10.8. The molecule has 43 heavy (non-hydrogen) atoms. The standard InChI is InChI=1S/C32H40FN3O6S/c1-8-27(31(38)34-32(3,4)5)35(20-23-12-10-9-11-22(23)2)30(37)21-36(25-15-13-24(33)14-16-25)43(39,40)26-17-18-28(41-6)29(19-26)42-7/h9-19,27H,8,20-21H2,1-7H3,(H,34,38)/t27-/m0/s1. The molecule has 0 aromatic heterocycles. The number of methoxy groups -OCH3 is 2. The van der Waals surface area contributed by atoms with Gasteiger partial charge in [0.05, 0.1) is 24.8 Å². The van der Waals surface area contributed by atoms with E-state index in [1.54, 1.807) is 6.92 Å². The van der Waals surface area contributed by atoms with Crippen molar-refractivity contribution >= 4 is 27.5 Å². The zero-order valence-electron chi connectivity index (χ0n) is 25.7. The van der Waals surface area contributed by atoms with Crippen LogP contribution in [-0.2, 0) is 26.2 Å². The number of hydrogen-bond acceptors (Lipinski definition) is 6. The topological polar surface area (TPSA) is 105 Å². The second kappa shape index (κ2) is 13.9. The van der Waals surface area contributed by atoms with Gasteiger partial charge >= 0.3 is 0 Å². The van der Waals surface area contributed by atoms with Crippen molar-refractivity contribution < 1.29 is 31.9 Å². The molecular formula is C32H40FN3O6S. The van der Waals surface area contributed by atoms with E-state index in [4.69, 9.17) is 9.47 Å². The first-order chi connectivity index (χ1) is 20.2. The fraction of sp³-hybridized carbons (Fsp3) is 0.375. The maximum Gasteiger partial charge on any atom is 0.264 e. The van der Waals surface area contributed by atoms with Crippen LogP contribution in [0.4, 0.5) is 10.1 Å². The average Bonchev–Trinajstić information content (AvgIpc) is 2.95. The fourth-order valence-corrected chi connectivity index (χ4v) is 6.01. The van der Waals surface area contributed by atoms with Crippen molar-refractivity contribution in [1.82, 2.24) is 10.2 Å². The first-order valence-corrected chi connectivity index (χ1v) is 15.3. The number of nitrogens with one attached hydrogen (secondary N) is 1. The van der Waals surface area contributed by atoms with Crippen molar-refractivity contribution in [2.24, 2.45) is 0 Å². The van der Waals surface area contributed by atoms with Crippen LogP contribution in [0, 0.1) is 12.7 Å². The summed E-state index contributed by atoms with van der Waals surface area (Å²) in [6.07, 6.45) is 0.290. The molecule has 2 amide bonds. The van der Waals surface area contributed by atoms with Crippen LogP contribution in [-0.4, -0.2) is 57.5 Å². The highest BCUT2D eigenvalue weighted by atomic mass is 32.2. The molecule has 3 aromatic rings. The Morgan fingerprint density at radius 3 is 2.14 bits per heavy atom.